The molecule has 0 radical (unpaired) electrons. The van der Waals surface area contributed by atoms with Crippen LogP contribution in [-0.2, 0) is 13.0 Å². The van der Waals surface area contributed by atoms with Crippen molar-refractivity contribution in [3.05, 3.63) is 53.7 Å². The molecule has 0 bridgehead atoms. The molecule has 0 aliphatic heterocycles. The Labute approximate surface area is 120 Å². The number of hydrogen-bond donors (Lipinski definition) is 1. The molecule has 3 nitrogen and oxygen atoms in total. The van der Waals surface area contributed by atoms with E-state index in [-0.39, 0.29) is 0 Å². The Morgan fingerprint density at radius 3 is 2.65 bits per heavy atom. The molecule has 1 aromatic heterocycles. The molecule has 1 aliphatic rings. The largest absolute Gasteiger partial charge is 0.439 e. The van der Waals surface area contributed by atoms with Crippen molar-refractivity contribution in [1.82, 2.24) is 10.3 Å². The molecule has 104 valence electrons. The van der Waals surface area contributed by atoms with Crippen molar-refractivity contribution in [3.63, 3.8) is 0 Å². The number of nitrogens with one attached hydrogen (secondary N) is 1. The SMILES string of the molecule is CCc1ccc(Oc2cc(CNC3CC3)ccn2)cc1. The molecular weight excluding hydrogens is 248 g/mol. The summed E-state index contributed by atoms with van der Waals surface area (Å²) in [7, 11) is 0. The van der Waals surface area contributed by atoms with E-state index in [2.05, 4.69) is 29.4 Å². The first kappa shape index (κ1) is 13.1. The van der Waals surface area contributed by atoms with Gasteiger partial charge in [0, 0.05) is 24.8 Å². The molecule has 0 atom stereocenters. The molecule has 1 heterocycles. The van der Waals surface area contributed by atoms with E-state index in [0.717, 1.165) is 18.7 Å². The van der Waals surface area contributed by atoms with Crippen LogP contribution in [0, 0.1) is 0 Å². The van der Waals surface area contributed by atoms with E-state index in [1.165, 1.54) is 24.0 Å². The predicted octanol–water partition coefficient (Wildman–Crippen LogP) is 3.69. The Kier molecular flexibility index (Phi) is 3.97. The lowest BCUT2D eigenvalue weighted by Crippen LogP contribution is -2.15. The summed E-state index contributed by atoms with van der Waals surface area (Å²) in [5.41, 5.74) is 2.53. The summed E-state index contributed by atoms with van der Waals surface area (Å²) in [6.45, 7) is 3.03. The minimum absolute atomic E-state index is 0.657. The summed E-state index contributed by atoms with van der Waals surface area (Å²) in [6, 6.07) is 12.9. The van der Waals surface area contributed by atoms with Gasteiger partial charge in [0.1, 0.15) is 5.75 Å². The molecule has 1 N–H and O–H groups in total. The summed E-state index contributed by atoms with van der Waals surface area (Å²) < 4.78 is 5.80. The highest BCUT2D eigenvalue weighted by atomic mass is 16.5. The topological polar surface area (TPSA) is 34.1 Å². The summed E-state index contributed by atoms with van der Waals surface area (Å²) in [5.74, 6) is 1.49. The van der Waals surface area contributed by atoms with Crippen LogP contribution < -0.4 is 10.1 Å². The van der Waals surface area contributed by atoms with Gasteiger partial charge in [0.15, 0.2) is 0 Å². The van der Waals surface area contributed by atoms with E-state index in [0.29, 0.717) is 11.9 Å². The van der Waals surface area contributed by atoms with Crippen LogP contribution >= 0.6 is 0 Å². The normalized spacial score (nSPS) is 14.2. The first-order valence-corrected chi connectivity index (χ1v) is 7.28. The van der Waals surface area contributed by atoms with Gasteiger partial charge in [-0.25, -0.2) is 4.98 Å². The summed E-state index contributed by atoms with van der Waals surface area (Å²) in [4.78, 5) is 4.27. The van der Waals surface area contributed by atoms with Gasteiger partial charge in [-0.1, -0.05) is 19.1 Å². The van der Waals surface area contributed by atoms with Crippen LogP contribution in [0.3, 0.4) is 0 Å². The minimum atomic E-state index is 0.657. The maximum Gasteiger partial charge on any atom is 0.219 e. The molecule has 2 aromatic rings. The third kappa shape index (κ3) is 3.58. The second kappa shape index (κ2) is 6.06. The molecule has 0 amide bonds. The third-order valence-corrected chi connectivity index (χ3v) is 3.53. The first-order valence-electron chi connectivity index (χ1n) is 7.28. The highest BCUT2D eigenvalue weighted by Gasteiger charge is 2.19. The number of aryl methyl sites for hydroxylation is 1. The molecule has 3 rings (SSSR count). The molecule has 1 aromatic carbocycles. The molecule has 0 unspecified atom stereocenters. The Balaban J connectivity index is 1.64. The van der Waals surface area contributed by atoms with Gasteiger partial charge in [-0.05, 0) is 48.6 Å². The zero-order valence-electron chi connectivity index (χ0n) is 11.8. The summed E-state index contributed by atoms with van der Waals surface area (Å²) in [6.07, 6.45) is 5.46. The van der Waals surface area contributed by atoms with Crippen LogP contribution in [0.4, 0.5) is 0 Å². The molecular formula is C17H20N2O. The number of hydrogen-bond acceptors (Lipinski definition) is 3. The van der Waals surface area contributed by atoms with Gasteiger partial charge in [0.25, 0.3) is 0 Å². The first-order chi connectivity index (χ1) is 9.83. The van der Waals surface area contributed by atoms with Crippen molar-refractivity contribution in [2.45, 2.75) is 38.8 Å². The fourth-order valence-electron chi connectivity index (χ4n) is 2.08. The fourth-order valence-corrected chi connectivity index (χ4v) is 2.08. The van der Waals surface area contributed by atoms with E-state index < -0.39 is 0 Å². The Bertz CT molecular complexity index is 561. The second-order valence-electron chi connectivity index (χ2n) is 5.26. The van der Waals surface area contributed by atoms with E-state index in [1.807, 2.05) is 24.3 Å². The maximum absolute atomic E-state index is 5.80. The number of pyridine rings is 1. The van der Waals surface area contributed by atoms with E-state index in [4.69, 9.17) is 4.74 Å². The monoisotopic (exact) mass is 268 g/mol. The number of aromatic nitrogens is 1. The van der Waals surface area contributed by atoms with E-state index >= 15 is 0 Å². The highest BCUT2D eigenvalue weighted by Crippen LogP contribution is 2.22. The Morgan fingerprint density at radius 2 is 1.95 bits per heavy atom. The van der Waals surface area contributed by atoms with Crippen LogP contribution in [0.5, 0.6) is 11.6 Å². The lowest BCUT2D eigenvalue weighted by molar-refractivity contribution is 0.461. The van der Waals surface area contributed by atoms with Crippen molar-refractivity contribution < 1.29 is 4.74 Å². The van der Waals surface area contributed by atoms with Crippen LogP contribution in [-0.4, -0.2) is 11.0 Å². The van der Waals surface area contributed by atoms with Crippen LogP contribution in [0.25, 0.3) is 0 Å². The van der Waals surface area contributed by atoms with Gasteiger partial charge in [0.05, 0.1) is 0 Å². The standard InChI is InChI=1S/C17H20N2O/c1-2-13-3-7-16(8-4-13)20-17-11-14(9-10-18-17)12-19-15-5-6-15/h3-4,7-11,15,19H,2,5-6,12H2,1H3. The minimum Gasteiger partial charge on any atom is -0.439 e. The van der Waals surface area contributed by atoms with Crippen LogP contribution in [0.2, 0.25) is 0 Å². The molecule has 1 aliphatic carbocycles. The maximum atomic E-state index is 5.80. The average Bonchev–Trinajstić information content (AvgIpc) is 3.31. The van der Waals surface area contributed by atoms with Gasteiger partial charge in [0.2, 0.25) is 5.88 Å². The lowest BCUT2D eigenvalue weighted by atomic mass is 10.2. The Hall–Kier alpha value is -1.87. The van der Waals surface area contributed by atoms with Crippen molar-refractivity contribution in [3.8, 4) is 11.6 Å². The van der Waals surface area contributed by atoms with Gasteiger partial charge in [-0.3, -0.25) is 0 Å². The molecule has 0 spiro atoms. The number of nitrogens with zero attached hydrogens (tertiary/aromatic N) is 1. The third-order valence-electron chi connectivity index (χ3n) is 3.53. The fraction of sp³-hybridized carbons (Fsp3) is 0.353. The molecule has 1 saturated carbocycles. The molecule has 1 fully saturated rings. The Morgan fingerprint density at radius 1 is 1.15 bits per heavy atom. The van der Waals surface area contributed by atoms with Crippen molar-refractivity contribution in [2.24, 2.45) is 0 Å². The van der Waals surface area contributed by atoms with Crippen LogP contribution in [0.1, 0.15) is 30.9 Å². The molecule has 20 heavy (non-hydrogen) atoms. The van der Waals surface area contributed by atoms with E-state index in [9.17, 15) is 0 Å². The van der Waals surface area contributed by atoms with Gasteiger partial charge >= 0.3 is 0 Å². The number of benzene rings is 1. The number of rotatable bonds is 6. The summed E-state index contributed by atoms with van der Waals surface area (Å²) in [5, 5.41) is 3.50. The quantitative estimate of drug-likeness (QED) is 0.867. The van der Waals surface area contributed by atoms with Crippen molar-refractivity contribution in [1.29, 1.82) is 0 Å². The predicted molar refractivity (Wildman–Crippen MR) is 80.0 cm³/mol. The zero-order chi connectivity index (χ0) is 13.8. The van der Waals surface area contributed by atoms with Crippen LogP contribution in [0.15, 0.2) is 42.6 Å². The van der Waals surface area contributed by atoms with Crippen molar-refractivity contribution >= 4 is 0 Å². The van der Waals surface area contributed by atoms with Gasteiger partial charge < -0.3 is 10.1 Å². The highest BCUT2D eigenvalue weighted by molar-refractivity contribution is 5.31. The second-order valence-corrected chi connectivity index (χ2v) is 5.26. The van der Waals surface area contributed by atoms with Gasteiger partial charge in [-0.15, -0.1) is 0 Å². The molecule has 0 saturated heterocycles. The lowest BCUT2D eigenvalue weighted by Gasteiger charge is -2.08. The number of ether oxygens (including phenoxy) is 1. The van der Waals surface area contributed by atoms with E-state index in [1.54, 1.807) is 6.20 Å². The zero-order valence-corrected chi connectivity index (χ0v) is 11.8. The smallest absolute Gasteiger partial charge is 0.219 e. The van der Waals surface area contributed by atoms with Gasteiger partial charge in [-0.2, -0.15) is 0 Å². The van der Waals surface area contributed by atoms with Crippen molar-refractivity contribution in [2.75, 3.05) is 0 Å². The summed E-state index contributed by atoms with van der Waals surface area (Å²) >= 11 is 0. The molecule has 3 heteroatoms. The average molecular weight is 268 g/mol.